The van der Waals surface area contributed by atoms with Crippen LogP contribution in [0.4, 0.5) is 0 Å². The first-order valence-electron chi connectivity index (χ1n) is 2.58. The van der Waals surface area contributed by atoms with Gasteiger partial charge in [-0.15, -0.1) is 0 Å². The Morgan fingerprint density at radius 2 is 2.29 bits per heavy atom. The van der Waals surface area contributed by atoms with Crippen molar-refractivity contribution in [2.24, 2.45) is 0 Å². The Hall–Kier alpha value is -0.0800. The van der Waals surface area contributed by atoms with Crippen molar-refractivity contribution in [2.75, 3.05) is 13.1 Å². The summed E-state index contributed by atoms with van der Waals surface area (Å²) in [6.07, 6.45) is -0.264. The van der Waals surface area contributed by atoms with Crippen molar-refractivity contribution in [3.63, 3.8) is 0 Å². The summed E-state index contributed by atoms with van der Waals surface area (Å²) in [5.41, 5.74) is 0. The largest absolute Gasteiger partial charge is 0.392 e. The fraction of sp³-hybridized carbons (Fsp3) is 1.00. The third kappa shape index (κ3) is 5.92. The van der Waals surface area contributed by atoms with E-state index in [4.69, 9.17) is 5.11 Å². The molecule has 2 heteroatoms. The maximum absolute atomic E-state index is 8.59. The molecule has 7 heavy (non-hydrogen) atoms. The number of hydrogen-bond acceptors (Lipinski definition) is 1. The van der Waals surface area contributed by atoms with Crippen molar-refractivity contribution in [1.82, 2.24) is 5.32 Å². The normalized spacial score (nSPS) is 14.1. The van der Waals surface area contributed by atoms with Gasteiger partial charge in [0, 0.05) is 13.1 Å². The highest BCUT2D eigenvalue weighted by atomic mass is 16.3. The summed E-state index contributed by atoms with van der Waals surface area (Å²) >= 11 is 0. The first-order valence-corrected chi connectivity index (χ1v) is 2.58. The van der Waals surface area contributed by atoms with Crippen LogP contribution in [0, 0.1) is 0 Å². The number of aliphatic hydroxyl groups excluding tert-OH is 1. The quantitative estimate of drug-likeness (QED) is 0.534. The summed E-state index contributed by atoms with van der Waals surface area (Å²) in [5, 5.41) is 12.5. The Morgan fingerprint density at radius 3 is 2.43 bits per heavy atom. The van der Waals surface area contributed by atoms with Gasteiger partial charge in [-0.05, 0) is 6.92 Å². The minimum absolute atomic E-state index is 0.264. The van der Waals surface area contributed by atoms with Crippen molar-refractivity contribution in [3.8, 4) is 0 Å². The Labute approximate surface area is 44.5 Å². The van der Waals surface area contributed by atoms with Crippen molar-refractivity contribution in [3.05, 3.63) is 0 Å². The summed E-state index contributed by atoms with van der Waals surface area (Å²) in [6, 6.07) is 0. The van der Waals surface area contributed by atoms with Gasteiger partial charge in [0.25, 0.3) is 0 Å². The standard InChI is InChI=1S/C5H12NO/c1-3-6-4-5(2)7/h5,7H,3-4H2,1-2H3. The van der Waals surface area contributed by atoms with Gasteiger partial charge >= 0.3 is 0 Å². The highest BCUT2D eigenvalue weighted by Gasteiger charge is 1.90. The summed E-state index contributed by atoms with van der Waals surface area (Å²) in [6.45, 7) is 5.09. The van der Waals surface area contributed by atoms with Crippen LogP contribution in [0.1, 0.15) is 13.8 Å². The second-order valence-electron chi connectivity index (χ2n) is 1.57. The van der Waals surface area contributed by atoms with Gasteiger partial charge in [-0.25, -0.2) is 5.32 Å². The molecule has 0 saturated carbocycles. The Morgan fingerprint density at radius 1 is 1.71 bits per heavy atom. The zero-order valence-electron chi connectivity index (χ0n) is 4.89. The Bertz CT molecular complexity index is 37.1. The van der Waals surface area contributed by atoms with Gasteiger partial charge in [-0.2, -0.15) is 0 Å². The van der Waals surface area contributed by atoms with Crippen molar-refractivity contribution in [1.29, 1.82) is 0 Å². The summed E-state index contributed by atoms with van der Waals surface area (Å²) in [5.74, 6) is 0. The van der Waals surface area contributed by atoms with E-state index < -0.39 is 0 Å². The maximum Gasteiger partial charge on any atom is 0.0653 e. The van der Waals surface area contributed by atoms with E-state index in [1.165, 1.54) is 0 Å². The van der Waals surface area contributed by atoms with Gasteiger partial charge in [0.15, 0.2) is 0 Å². The van der Waals surface area contributed by atoms with Crippen LogP contribution in [0.3, 0.4) is 0 Å². The van der Waals surface area contributed by atoms with Gasteiger partial charge < -0.3 is 5.11 Å². The molecule has 0 aromatic rings. The van der Waals surface area contributed by atoms with Gasteiger partial charge in [0.05, 0.1) is 6.10 Å². The molecular formula is C5H12NO. The van der Waals surface area contributed by atoms with E-state index in [1.807, 2.05) is 6.92 Å². The van der Waals surface area contributed by atoms with Crippen molar-refractivity contribution >= 4 is 0 Å². The van der Waals surface area contributed by atoms with Crippen molar-refractivity contribution < 1.29 is 5.11 Å². The molecule has 0 aliphatic rings. The van der Waals surface area contributed by atoms with Crippen LogP contribution in [-0.4, -0.2) is 24.3 Å². The molecule has 0 spiro atoms. The fourth-order valence-electron chi connectivity index (χ4n) is 0.316. The molecule has 0 rings (SSSR count). The number of rotatable bonds is 3. The molecule has 0 aliphatic carbocycles. The molecule has 1 N–H and O–H groups in total. The molecule has 2 nitrogen and oxygen atoms in total. The maximum atomic E-state index is 8.59. The third-order valence-electron chi connectivity index (χ3n) is 0.617. The number of hydrogen-bond donors (Lipinski definition) is 1. The van der Waals surface area contributed by atoms with Gasteiger partial charge in [0.2, 0.25) is 0 Å². The monoisotopic (exact) mass is 102 g/mol. The van der Waals surface area contributed by atoms with E-state index in [0.29, 0.717) is 6.54 Å². The molecule has 0 saturated heterocycles. The van der Waals surface area contributed by atoms with E-state index >= 15 is 0 Å². The molecule has 1 unspecified atom stereocenters. The van der Waals surface area contributed by atoms with Gasteiger partial charge in [-0.3, -0.25) is 0 Å². The SMILES string of the molecule is CC[N]CC(C)O. The van der Waals surface area contributed by atoms with Crippen molar-refractivity contribution in [2.45, 2.75) is 20.0 Å². The van der Waals surface area contributed by atoms with E-state index in [2.05, 4.69) is 5.32 Å². The summed E-state index contributed by atoms with van der Waals surface area (Å²) in [7, 11) is 0. The molecule has 0 aromatic heterocycles. The first kappa shape index (κ1) is 6.92. The fourth-order valence-corrected chi connectivity index (χ4v) is 0.316. The molecule has 0 aliphatic heterocycles. The van der Waals surface area contributed by atoms with Gasteiger partial charge in [0.1, 0.15) is 0 Å². The predicted octanol–water partition coefficient (Wildman–Crippen LogP) is -0.00850. The average Bonchev–Trinajstić information content (AvgIpc) is 1.61. The minimum atomic E-state index is -0.264. The highest BCUT2D eigenvalue weighted by molar-refractivity contribution is 4.47. The van der Waals surface area contributed by atoms with E-state index in [0.717, 1.165) is 6.54 Å². The second-order valence-corrected chi connectivity index (χ2v) is 1.57. The van der Waals surface area contributed by atoms with Crippen LogP contribution >= 0.6 is 0 Å². The highest BCUT2D eigenvalue weighted by Crippen LogP contribution is 1.73. The van der Waals surface area contributed by atoms with Crippen LogP contribution in [0.25, 0.3) is 0 Å². The Balaban J connectivity index is 2.68. The summed E-state index contributed by atoms with van der Waals surface area (Å²) in [4.78, 5) is 0. The molecule has 0 aromatic carbocycles. The lowest BCUT2D eigenvalue weighted by atomic mass is 10.4. The smallest absolute Gasteiger partial charge is 0.0653 e. The lowest BCUT2D eigenvalue weighted by molar-refractivity contribution is 0.191. The topological polar surface area (TPSA) is 34.3 Å². The molecule has 1 radical (unpaired) electrons. The molecule has 43 valence electrons. The van der Waals surface area contributed by atoms with Gasteiger partial charge in [-0.1, -0.05) is 6.92 Å². The van der Waals surface area contributed by atoms with Crippen LogP contribution in [0.5, 0.6) is 0 Å². The lowest BCUT2D eigenvalue weighted by Crippen LogP contribution is -2.17. The number of nitrogens with zero attached hydrogens (tertiary/aromatic N) is 1. The zero-order chi connectivity index (χ0) is 5.70. The molecule has 0 heterocycles. The summed E-state index contributed by atoms with van der Waals surface area (Å²) < 4.78 is 0. The first-order chi connectivity index (χ1) is 3.27. The second kappa shape index (κ2) is 4.09. The van der Waals surface area contributed by atoms with E-state index in [9.17, 15) is 0 Å². The molecule has 1 atom stereocenters. The predicted molar refractivity (Wildman–Crippen MR) is 29.2 cm³/mol. The number of likely N-dealkylation sites (N-methyl/N-ethyl adjacent to an activating group) is 1. The third-order valence-corrected chi connectivity index (χ3v) is 0.617. The molecular weight excluding hydrogens is 90.1 g/mol. The van der Waals surface area contributed by atoms with Crippen LogP contribution in [0.2, 0.25) is 0 Å². The zero-order valence-corrected chi connectivity index (χ0v) is 4.89. The van der Waals surface area contributed by atoms with Crippen LogP contribution < -0.4 is 5.32 Å². The Kier molecular flexibility index (Phi) is 4.04. The minimum Gasteiger partial charge on any atom is -0.392 e. The van der Waals surface area contributed by atoms with Crippen LogP contribution in [-0.2, 0) is 0 Å². The lowest BCUT2D eigenvalue weighted by Gasteiger charge is -1.99. The average molecular weight is 102 g/mol. The molecule has 0 bridgehead atoms. The van der Waals surface area contributed by atoms with E-state index in [1.54, 1.807) is 6.92 Å². The molecule has 0 amide bonds. The number of aliphatic hydroxyl groups is 1. The van der Waals surface area contributed by atoms with Crippen LogP contribution in [0.15, 0.2) is 0 Å². The molecule has 0 fully saturated rings. The van der Waals surface area contributed by atoms with E-state index in [-0.39, 0.29) is 6.10 Å².